The smallest absolute Gasteiger partial charge is 0.271 e. The molecule has 0 aromatic carbocycles. The van der Waals surface area contributed by atoms with E-state index in [0.29, 0.717) is 21.8 Å². The van der Waals surface area contributed by atoms with Crippen LogP contribution < -0.4 is 10.9 Å². The highest BCUT2D eigenvalue weighted by molar-refractivity contribution is 7.25. The zero-order chi connectivity index (χ0) is 18.4. The molecule has 4 aromatic rings. The van der Waals surface area contributed by atoms with Crippen molar-refractivity contribution in [1.82, 2.24) is 19.7 Å². The fourth-order valence-corrected chi connectivity index (χ4v) is 4.08. The third-order valence-electron chi connectivity index (χ3n) is 3.95. The van der Waals surface area contributed by atoms with Crippen molar-refractivity contribution in [2.75, 3.05) is 5.32 Å². The molecule has 26 heavy (non-hydrogen) atoms. The molecule has 8 nitrogen and oxygen atoms in total. The highest BCUT2D eigenvalue weighted by Gasteiger charge is 2.16. The molecule has 0 bridgehead atoms. The fourth-order valence-electron chi connectivity index (χ4n) is 2.88. The number of aromatic nitrogens is 4. The number of hydrogen-bond donors (Lipinski definition) is 1. The van der Waals surface area contributed by atoms with Crippen LogP contribution in [0.3, 0.4) is 0 Å². The standard InChI is InChI=1S/C17H15N5O3S/c1-8-4-9(2)19-16-13(8)14-15(26-16)17(24)22(7-18-14)6-12(23)20-11-5-10(3)25-21-11/h4-5,7H,6H2,1-3H3,(H,20,21,23). The van der Waals surface area contributed by atoms with Gasteiger partial charge in [-0.3, -0.25) is 14.2 Å². The molecule has 1 N–H and O–H groups in total. The van der Waals surface area contributed by atoms with E-state index in [1.807, 2.05) is 19.9 Å². The van der Waals surface area contributed by atoms with Crippen molar-refractivity contribution < 1.29 is 9.32 Å². The van der Waals surface area contributed by atoms with Crippen LogP contribution >= 0.6 is 11.3 Å². The van der Waals surface area contributed by atoms with Gasteiger partial charge < -0.3 is 9.84 Å². The van der Waals surface area contributed by atoms with Gasteiger partial charge in [-0.2, -0.15) is 0 Å². The minimum Gasteiger partial charge on any atom is -0.360 e. The third-order valence-corrected chi connectivity index (χ3v) is 5.01. The predicted octanol–water partition coefficient (Wildman–Crippen LogP) is 2.56. The van der Waals surface area contributed by atoms with Gasteiger partial charge in [0.1, 0.15) is 21.8 Å². The number of amides is 1. The topological polar surface area (TPSA) is 103 Å². The summed E-state index contributed by atoms with van der Waals surface area (Å²) in [5.41, 5.74) is 2.29. The molecule has 9 heteroatoms. The van der Waals surface area contributed by atoms with E-state index >= 15 is 0 Å². The number of anilines is 1. The Labute approximate surface area is 151 Å². The number of rotatable bonds is 3. The maximum Gasteiger partial charge on any atom is 0.271 e. The van der Waals surface area contributed by atoms with Crippen LogP contribution in [0.2, 0.25) is 0 Å². The van der Waals surface area contributed by atoms with Gasteiger partial charge in [0.25, 0.3) is 5.56 Å². The van der Waals surface area contributed by atoms with E-state index in [9.17, 15) is 9.59 Å². The van der Waals surface area contributed by atoms with E-state index in [1.165, 1.54) is 22.2 Å². The molecule has 0 atom stereocenters. The summed E-state index contributed by atoms with van der Waals surface area (Å²) in [6.45, 7) is 5.46. The second-order valence-corrected chi connectivity index (χ2v) is 7.09. The minimum atomic E-state index is -0.382. The number of carbonyl (C=O) groups is 1. The molecule has 0 saturated heterocycles. The number of nitrogens with zero attached hydrogens (tertiary/aromatic N) is 4. The first-order chi connectivity index (χ1) is 12.4. The number of thiophene rings is 1. The molecular weight excluding hydrogens is 354 g/mol. The number of nitrogens with one attached hydrogen (secondary N) is 1. The van der Waals surface area contributed by atoms with Crippen LogP contribution in [0, 0.1) is 20.8 Å². The molecule has 0 fully saturated rings. The van der Waals surface area contributed by atoms with Crippen LogP contribution in [0.1, 0.15) is 17.0 Å². The van der Waals surface area contributed by atoms with Crippen LogP contribution in [0.15, 0.2) is 27.8 Å². The van der Waals surface area contributed by atoms with Crippen molar-refractivity contribution in [2.45, 2.75) is 27.3 Å². The summed E-state index contributed by atoms with van der Waals surface area (Å²) >= 11 is 1.30. The lowest BCUT2D eigenvalue weighted by Gasteiger charge is -2.05. The summed E-state index contributed by atoms with van der Waals surface area (Å²) in [4.78, 5) is 34.6. The Kier molecular flexibility index (Phi) is 3.80. The van der Waals surface area contributed by atoms with Gasteiger partial charge in [-0.05, 0) is 32.4 Å². The molecule has 132 valence electrons. The Morgan fingerprint density at radius 2 is 2.12 bits per heavy atom. The van der Waals surface area contributed by atoms with Crippen LogP contribution in [0.25, 0.3) is 20.4 Å². The predicted molar refractivity (Wildman–Crippen MR) is 98.5 cm³/mol. The van der Waals surface area contributed by atoms with Crippen LogP contribution in [-0.4, -0.2) is 25.6 Å². The maximum absolute atomic E-state index is 12.8. The highest BCUT2D eigenvalue weighted by Crippen LogP contribution is 2.31. The Morgan fingerprint density at radius 1 is 1.31 bits per heavy atom. The summed E-state index contributed by atoms with van der Waals surface area (Å²) in [7, 11) is 0. The van der Waals surface area contributed by atoms with E-state index in [1.54, 1.807) is 13.0 Å². The minimum absolute atomic E-state index is 0.159. The zero-order valence-electron chi connectivity index (χ0n) is 14.4. The maximum atomic E-state index is 12.8. The lowest BCUT2D eigenvalue weighted by atomic mass is 10.1. The number of pyridine rings is 1. The molecule has 0 aliphatic rings. The summed E-state index contributed by atoms with van der Waals surface area (Å²) in [5, 5.41) is 7.18. The van der Waals surface area contributed by atoms with Crippen molar-refractivity contribution >= 4 is 43.5 Å². The summed E-state index contributed by atoms with van der Waals surface area (Å²) in [6, 6.07) is 3.57. The van der Waals surface area contributed by atoms with Crippen molar-refractivity contribution in [1.29, 1.82) is 0 Å². The van der Waals surface area contributed by atoms with E-state index < -0.39 is 0 Å². The van der Waals surface area contributed by atoms with E-state index in [4.69, 9.17) is 4.52 Å². The van der Waals surface area contributed by atoms with Gasteiger partial charge in [-0.15, -0.1) is 11.3 Å². The molecule has 0 radical (unpaired) electrons. The lowest BCUT2D eigenvalue weighted by Crippen LogP contribution is -2.27. The molecule has 4 aromatic heterocycles. The average Bonchev–Trinajstić information content (AvgIpc) is 3.13. The Balaban J connectivity index is 1.71. The molecule has 0 aliphatic carbocycles. The first kappa shape index (κ1) is 16.4. The van der Waals surface area contributed by atoms with Crippen molar-refractivity contribution in [2.24, 2.45) is 0 Å². The van der Waals surface area contributed by atoms with E-state index in [0.717, 1.165) is 21.5 Å². The van der Waals surface area contributed by atoms with E-state index in [2.05, 4.69) is 20.4 Å². The molecule has 4 heterocycles. The summed E-state index contributed by atoms with van der Waals surface area (Å²) in [5.74, 6) is 0.517. The lowest BCUT2D eigenvalue weighted by molar-refractivity contribution is -0.116. The zero-order valence-corrected chi connectivity index (χ0v) is 15.2. The van der Waals surface area contributed by atoms with Gasteiger partial charge in [0.15, 0.2) is 5.82 Å². The highest BCUT2D eigenvalue weighted by atomic mass is 32.1. The van der Waals surface area contributed by atoms with Crippen molar-refractivity contribution in [3.63, 3.8) is 0 Å². The van der Waals surface area contributed by atoms with Gasteiger partial charge in [0, 0.05) is 17.1 Å². The Bertz CT molecular complexity index is 1220. The van der Waals surface area contributed by atoms with Gasteiger partial charge >= 0.3 is 0 Å². The largest absolute Gasteiger partial charge is 0.360 e. The Morgan fingerprint density at radius 3 is 2.85 bits per heavy atom. The van der Waals surface area contributed by atoms with Crippen molar-refractivity contribution in [3.8, 4) is 0 Å². The van der Waals surface area contributed by atoms with Gasteiger partial charge in [0.2, 0.25) is 5.91 Å². The molecule has 1 amide bonds. The SMILES string of the molecule is Cc1cc(C)c2c(n1)sc1c(=O)n(CC(=O)Nc3cc(C)on3)cnc12. The molecule has 0 aliphatic heterocycles. The molecular formula is C17H15N5O3S. The van der Waals surface area contributed by atoms with Crippen LogP contribution in [0.5, 0.6) is 0 Å². The molecule has 0 saturated carbocycles. The van der Waals surface area contributed by atoms with E-state index in [-0.39, 0.29) is 18.0 Å². The van der Waals surface area contributed by atoms with Crippen LogP contribution in [-0.2, 0) is 11.3 Å². The summed E-state index contributed by atoms with van der Waals surface area (Å²) < 4.78 is 6.67. The van der Waals surface area contributed by atoms with Crippen LogP contribution in [0.4, 0.5) is 5.82 Å². The molecule has 0 unspecified atom stereocenters. The first-order valence-corrected chi connectivity index (χ1v) is 8.73. The second kappa shape index (κ2) is 6.03. The van der Waals surface area contributed by atoms with Gasteiger partial charge in [-0.1, -0.05) is 5.16 Å². The van der Waals surface area contributed by atoms with Gasteiger partial charge in [0.05, 0.1) is 11.8 Å². The first-order valence-electron chi connectivity index (χ1n) is 7.91. The average molecular weight is 369 g/mol. The number of carbonyl (C=O) groups excluding carboxylic acids is 1. The number of fused-ring (bicyclic) bond motifs is 3. The Hall–Kier alpha value is -3.07. The quantitative estimate of drug-likeness (QED) is 0.595. The summed E-state index contributed by atoms with van der Waals surface area (Å²) in [6.07, 6.45) is 1.39. The number of aryl methyl sites for hydroxylation is 3. The fraction of sp³-hybridized carbons (Fsp3) is 0.235. The number of hydrogen-bond acceptors (Lipinski definition) is 7. The third kappa shape index (κ3) is 2.76. The molecule has 4 rings (SSSR count). The molecule has 0 spiro atoms. The van der Waals surface area contributed by atoms with Crippen molar-refractivity contribution in [3.05, 3.63) is 45.8 Å². The normalized spacial score (nSPS) is 11.3. The van der Waals surface area contributed by atoms with Gasteiger partial charge in [-0.25, -0.2) is 9.97 Å². The monoisotopic (exact) mass is 369 g/mol. The second-order valence-electron chi connectivity index (χ2n) is 6.09.